The van der Waals surface area contributed by atoms with Crippen molar-refractivity contribution >= 4 is 5.91 Å². The number of aromatic nitrogens is 2. The van der Waals surface area contributed by atoms with Gasteiger partial charge in [0.1, 0.15) is 12.0 Å². The molecule has 0 saturated carbocycles. The first-order chi connectivity index (χ1) is 9.15. The Morgan fingerprint density at radius 3 is 2.84 bits per heavy atom. The molecule has 3 aromatic rings. The van der Waals surface area contributed by atoms with Crippen LogP contribution >= 0.6 is 0 Å². The molecule has 0 radical (unpaired) electrons. The molecule has 7 nitrogen and oxygen atoms in total. The fourth-order valence-corrected chi connectivity index (χ4v) is 1.64. The van der Waals surface area contributed by atoms with Gasteiger partial charge in [-0.2, -0.15) is 4.98 Å². The second-order valence-corrected chi connectivity index (χ2v) is 3.88. The number of amides is 1. The number of nitrogens with two attached hydrogens (primary N) is 1. The molecule has 1 amide bonds. The third-order valence-electron chi connectivity index (χ3n) is 2.62. The molecule has 2 N–H and O–H groups in total. The van der Waals surface area contributed by atoms with Crippen LogP contribution in [0.4, 0.5) is 0 Å². The van der Waals surface area contributed by atoms with E-state index in [1.54, 1.807) is 19.3 Å². The maximum Gasteiger partial charge on any atom is 0.284 e. The van der Waals surface area contributed by atoms with Gasteiger partial charge in [-0.25, -0.2) is 0 Å². The Hall–Kier alpha value is -2.83. The summed E-state index contributed by atoms with van der Waals surface area (Å²) in [5, 5.41) is 3.85. The lowest BCUT2D eigenvalue weighted by molar-refractivity contribution is 0.0974. The normalized spacial score (nSPS) is 10.8. The summed E-state index contributed by atoms with van der Waals surface area (Å²) in [7, 11) is 0. The number of furan rings is 2. The van der Waals surface area contributed by atoms with Crippen LogP contribution in [0.25, 0.3) is 22.8 Å². The molecule has 0 aliphatic rings. The van der Waals surface area contributed by atoms with Gasteiger partial charge in [-0.05, 0) is 13.0 Å². The van der Waals surface area contributed by atoms with E-state index in [2.05, 4.69) is 10.1 Å². The molecule has 0 saturated heterocycles. The van der Waals surface area contributed by atoms with E-state index >= 15 is 0 Å². The lowest BCUT2D eigenvalue weighted by Gasteiger charge is -1.87. The van der Waals surface area contributed by atoms with E-state index in [1.165, 1.54) is 12.3 Å². The molecule has 0 spiro atoms. The van der Waals surface area contributed by atoms with E-state index in [9.17, 15) is 4.79 Å². The third kappa shape index (κ3) is 1.90. The molecule has 0 bridgehead atoms. The molecular formula is C12H9N3O4. The number of aryl methyl sites for hydroxylation is 1. The zero-order chi connectivity index (χ0) is 13.4. The van der Waals surface area contributed by atoms with Gasteiger partial charge in [0, 0.05) is 6.07 Å². The molecule has 0 aliphatic carbocycles. The highest BCUT2D eigenvalue weighted by Gasteiger charge is 2.16. The predicted molar refractivity (Wildman–Crippen MR) is 63.0 cm³/mol. The van der Waals surface area contributed by atoms with Crippen LogP contribution in [0.2, 0.25) is 0 Å². The summed E-state index contributed by atoms with van der Waals surface area (Å²) in [5.41, 5.74) is 6.33. The molecule has 0 aliphatic heterocycles. The van der Waals surface area contributed by atoms with Crippen LogP contribution in [0, 0.1) is 6.92 Å². The second kappa shape index (κ2) is 4.13. The molecule has 0 atom stereocenters. The summed E-state index contributed by atoms with van der Waals surface area (Å²) in [5.74, 6) is 0.721. The smallest absolute Gasteiger partial charge is 0.284 e. The van der Waals surface area contributed by atoms with Crippen LogP contribution in [-0.4, -0.2) is 16.0 Å². The van der Waals surface area contributed by atoms with Crippen molar-refractivity contribution in [3.63, 3.8) is 0 Å². The average Bonchev–Trinajstić information content (AvgIpc) is 3.07. The number of carbonyl (C=O) groups is 1. The Bertz CT molecular complexity index is 738. The van der Waals surface area contributed by atoms with Crippen LogP contribution in [-0.2, 0) is 0 Å². The monoisotopic (exact) mass is 259 g/mol. The molecule has 96 valence electrons. The highest BCUT2D eigenvalue weighted by molar-refractivity contribution is 5.91. The summed E-state index contributed by atoms with van der Waals surface area (Å²) < 4.78 is 15.3. The minimum atomic E-state index is -0.656. The van der Waals surface area contributed by atoms with E-state index in [4.69, 9.17) is 19.1 Å². The van der Waals surface area contributed by atoms with Crippen molar-refractivity contribution in [1.29, 1.82) is 0 Å². The summed E-state index contributed by atoms with van der Waals surface area (Å²) >= 11 is 0. The summed E-state index contributed by atoms with van der Waals surface area (Å²) in [6, 6.07) is 3.19. The van der Waals surface area contributed by atoms with Crippen molar-refractivity contribution in [3.05, 3.63) is 36.2 Å². The predicted octanol–water partition coefficient (Wildman–Crippen LogP) is 2.00. The largest absolute Gasteiger partial charge is 0.469 e. The number of nitrogens with zero attached hydrogens (tertiary/aromatic N) is 2. The quantitative estimate of drug-likeness (QED) is 0.770. The first-order valence-corrected chi connectivity index (χ1v) is 5.42. The molecule has 3 aromatic heterocycles. The summed E-state index contributed by atoms with van der Waals surface area (Å²) in [6.45, 7) is 1.80. The van der Waals surface area contributed by atoms with Crippen LogP contribution in [0.5, 0.6) is 0 Å². The Morgan fingerprint density at radius 2 is 2.21 bits per heavy atom. The Labute approximate surface area is 107 Å². The maximum atomic E-state index is 10.9. The fourth-order valence-electron chi connectivity index (χ4n) is 1.64. The van der Waals surface area contributed by atoms with Crippen LogP contribution in [0.1, 0.15) is 16.3 Å². The third-order valence-corrected chi connectivity index (χ3v) is 2.62. The molecule has 0 unspecified atom stereocenters. The lowest BCUT2D eigenvalue weighted by atomic mass is 10.2. The standard InChI is InChI=1S/C12H9N3O4/c1-6-8(2-3-17-6)11-14-12(19-15-11)7-4-9(10(13)16)18-5-7/h2-5H,1H3,(H2,13,16). The highest BCUT2D eigenvalue weighted by atomic mass is 16.5. The molecule has 3 heterocycles. The zero-order valence-corrected chi connectivity index (χ0v) is 9.91. The van der Waals surface area contributed by atoms with E-state index in [1.807, 2.05) is 0 Å². The Morgan fingerprint density at radius 1 is 1.37 bits per heavy atom. The van der Waals surface area contributed by atoms with E-state index < -0.39 is 5.91 Å². The van der Waals surface area contributed by atoms with Crippen molar-refractivity contribution in [2.45, 2.75) is 6.92 Å². The van der Waals surface area contributed by atoms with Gasteiger partial charge in [0.05, 0.1) is 17.4 Å². The van der Waals surface area contributed by atoms with Gasteiger partial charge in [0.25, 0.3) is 11.8 Å². The number of hydrogen-bond donors (Lipinski definition) is 1. The number of carbonyl (C=O) groups excluding carboxylic acids is 1. The molecule has 3 rings (SSSR count). The fraction of sp³-hybridized carbons (Fsp3) is 0.0833. The van der Waals surface area contributed by atoms with Gasteiger partial charge >= 0.3 is 0 Å². The zero-order valence-electron chi connectivity index (χ0n) is 9.91. The van der Waals surface area contributed by atoms with Crippen molar-refractivity contribution in [3.8, 4) is 22.8 Å². The van der Waals surface area contributed by atoms with Crippen molar-refractivity contribution in [2.24, 2.45) is 5.73 Å². The second-order valence-electron chi connectivity index (χ2n) is 3.88. The maximum absolute atomic E-state index is 10.9. The number of rotatable bonds is 3. The summed E-state index contributed by atoms with van der Waals surface area (Å²) in [4.78, 5) is 15.1. The molecule has 0 fully saturated rings. The first kappa shape index (κ1) is 11.3. The van der Waals surface area contributed by atoms with Crippen molar-refractivity contribution in [1.82, 2.24) is 10.1 Å². The molecule has 7 heteroatoms. The van der Waals surface area contributed by atoms with Crippen molar-refractivity contribution in [2.75, 3.05) is 0 Å². The van der Waals surface area contributed by atoms with Gasteiger partial charge in [0.15, 0.2) is 5.76 Å². The van der Waals surface area contributed by atoms with Crippen LogP contribution < -0.4 is 5.73 Å². The van der Waals surface area contributed by atoms with Gasteiger partial charge in [-0.15, -0.1) is 0 Å². The van der Waals surface area contributed by atoms with Gasteiger partial charge < -0.3 is 19.1 Å². The molecule has 19 heavy (non-hydrogen) atoms. The number of hydrogen-bond acceptors (Lipinski definition) is 6. The molecular weight excluding hydrogens is 250 g/mol. The van der Waals surface area contributed by atoms with Crippen LogP contribution in [0.15, 0.2) is 38.0 Å². The van der Waals surface area contributed by atoms with Crippen LogP contribution in [0.3, 0.4) is 0 Å². The van der Waals surface area contributed by atoms with Gasteiger partial charge in [0.2, 0.25) is 5.82 Å². The minimum absolute atomic E-state index is 0.0363. The topological polar surface area (TPSA) is 108 Å². The van der Waals surface area contributed by atoms with Gasteiger partial charge in [-0.3, -0.25) is 4.79 Å². The SMILES string of the molecule is Cc1occc1-c1noc(-c2coc(C(N)=O)c2)n1. The summed E-state index contributed by atoms with van der Waals surface area (Å²) in [6.07, 6.45) is 2.88. The Kier molecular flexibility index (Phi) is 2.45. The highest BCUT2D eigenvalue weighted by Crippen LogP contribution is 2.26. The lowest BCUT2D eigenvalue weighted by Crippen LogP contribution is -2.09. The van der Waals surface area contributed by atoms with Gasteiger partial charge in [-0.1, -0.05) is 5.16 Å². The van der Waals surface area contributed by atoms with E-state index in [0.717, 1.165) is 5.56 Å². The van der Waals surface area contributed by atoms with E-state index in [0.29, 0.717) is 17.1 Å². The number of primary amides is 1. The van der Waals surface area contributed by atoms with Crippen molar-refractivity contribution < 1.29 is 18.2 Å². The van der Waals surface area contributed by atoms with E-state index in [-0.39, 0.29) is 11.7 Å². The Balaban J connectivity index is 1.97. The minimum Gasteiger partial charge on any atom is -0.469 e. The molecule has 0 aromatic carbocycles. The first-order valence-electron chi connectivity index (χ1n) is 5.42. The average molecular weight is 259 g/mol.